The van der Waals surface area contributed by atoms with Crippen molar-refractivity contribution in [2.24, 2.45) is 5.92 Å². The molecule has 26 heavy (non-hydrogen) atoms. The van der Waals surface area contributed by atoms with Gasteiger partial charge < -0.3 is 10.1 Å². The van der Waals surface area contributed by atoms with Gasteiger partial charge in [0.05, 0.1) is 0 Å². The molecule has 1 aliphatic carbocycles. The Kier molecular flexibility index (Phi) is 5.52. The zero-order valence-electron chi connectivity index (χ0n) is 16.5. The average Bonchev–Trinajstić information content (AvgIpc) is 2.79. The highest BCUT2D eigenvalue weighted by Crippen LogP contribution is 2.42. The van der Waals surface area contributed by atoms with Gasteiger partial charge in [-0.05, 0) is 69.1 Å². The van der Waals surface area contributed by atoms with Gasteiger partial charge in [-0.15, -0.1) is 0 Å². The van der Waals surface area contributed by atoms with Gasteiger partial charge in [-0.2, -0.15) is 0 Å². The Hall–Kier alpha value is -1.68. The Morgan fingerprint density at radius 2 is 1.88 bits per heavy atom. The standard InChI is InChI=1S/C22H31NO3/c1-5-9-26-13-17-7-6-8-22(12-17)20(24)19(21(25)23-22)18-15(3)10-14(2)11-16(18)4/h10-11,17,19H,5-9,12-13H2,1-4H3,(H,23,25). The van der Waals surface area contributed by atoms with E-state index in [1.54, 1.807) is 0 Å². The lowest BCUT2D eigenvalue weighted by Gasteiger charge is -2.36. The van der Waals surface area contributed by atoms with Gasteiger partial charge in [0.25, 0.3) is 0 Å². The van der Waals surface area contributed by atoms with Gasteiger partial charge in [0.2, 0.25) is 5.91 Å². The fourth-order valence-electron chi connectivity index (χ4n) is 4.94. The molecule has 1 spiro atoms. The van der Waals surface area contributed by atoms with Crippen LogP contribution in [0, 0.1) is 26.7 Å². The van der Waals surface area contributed by atoms with E-state index in [1.807, 2.05) is 20.8 Å². The predicted octanol–water partition coefficient (Wildman–Crippen LogP) is 3.75. The fourth-order valence-corrected chi connectivity index (χ4v) is 4.94. The quantitative estimate of drug-likeness (QED) is 0.645. The third-order valence-corrected chi connectivity index (χ3v) is 5.94. The maximum atomic E-state index is 13.4. The number of ether oxygens (including phenoxy) is 1. The summed E-state index contributed by atoms with van der Waals surface area (Å²) in [6.07, 6.45) is 4.50. The van der Waals surface area contributed by atoms with Crippen molar-refractivity contribution in [2.45, 2.75) is 71.3 Å². The zero-order valence-corrected chi connectivity index (χ0v) is 16.5. The molecular formula is C22H31NO3. The summed E-state index contributed by atoms with van der Waals surface area (Å²) in [5, 5.41) is 3.11. The van der Waals surface area contributed by atoms with Gasteiger partial charge in [0.1, 0.15) is 11.5 Å². The number of hydrogen-bond donors (Lipinski definition) is 1. The lowest BCUT2D eigenvalue weighted by molar-refractivity contribution is -0.126. The van der Waals surface area contributed by atoms with Gasteiger partial charge in [-0.3, -0.25) is 9.59 Å². The molecule has 4 nitrogen and oxygen atoms in total. The monoisotopic (exact) mass is 357 g/mol. The van der Waals surface area contributed by atoms with Crippen molar-refractivity contribution in [2.75, 3.05) is 13.2 Å². The van der Waals surface area contributed by atoms with Gasteiger partial charge >= 0.3 is 0 Å². The minimum Gasteiger partial charge on any atom is -0.381 e. The first-order chi connectivity index (χ1) is 12.4. The SMILES string of the molecule is CCCOCC1CCCC2(C1)NC(=O)C(c1c(C)cc(C)cc1C)C2=O. The molecule has 1 amide bonds. The second kappa shape index (κ2) is 7.51. The molecule has 0 bridgehead atoms. The number of benzene rings is 1. The number of nitrogens with one attached hydrogen (secondary N) is 1. The molecule has 4 heteroatoms. The molecule has 1 aromatic rings. The molecule has 0 radical (unpaired) electrons. The van der Waals surface area contributed by atoms with Crippen LogP contribution in [0.15, 0.2) is 12.1 Å². The van der Waals surface area contributed by atoms with E-state index in [4.69, 9.17) is 4.74 Å². The Morgan fingerprint density at radius 1 is 1.19 bits per heavy atom. The van der Waals surface area contributed by atoms with E-state index < -0.39 is 11.5 Å². The fraction of sp³-hybridized carbons (Fsp3) is 0.636. The maximum absolute atomic E-state index is 13.4. The van der Waals surface area contributed by atoms with Gasteiger partial charge in [-0.1, -0.05) is 31.0 Å². The van der Waals surface area contributed by atoms with Crippen LogP contribution >= 0.6 is 0 Å². The lowest BCUT2D eigenvalue weighted by atomic mass is 9.72. The van der Waals surface area contributed by atoms with Crippen LogP contribution in [0.2, 0.25) is 0 Å². The largest absolute Gasteiger partial charge is 0.381 e. The summed E-state index contributed by atoms with van der Waals surface area (Å²) in [5.41, 5.74) is 3.44. The van der Waals surface area contributed by atoms with E-state index in [9.17, 15) is 9.59 Å². The summed E-state index contributed by atoms with van der Waals surface area (Å²) in [6.45, 7) is 9.59. The number of rotatable bonds is 5. The van der Waals surface area contributed by atoms with E-state index in [1.165, 1.54) is 0 Å². The molecule has 2 aliphatic rings. The Bertz CT molecular complexity index is 688. The number of carbonyl (C=O) groups is 2. The molecule has 1 aliphatic heterocycles. The highest BCUT2D eigenvalue weighted by atomic mass is 16.5. The summed E-state index contributed by atoms with van der Waals surface area (Å²) in [7, 11) is 0. The summed E-state index contributed by atoms with van der Waals surface area (Å²) >= 11 is 0. The minimum atomic E-state index is -0.690. The number of hydrogen-bond acceptors (Lipinski definition) is 3. The molecule has 2 fully saturated rings. The van der Waals surface area contributed by atoms with Gasteiger partial charge in [0.15, 0.2) is 5.78 Å². The number of carbonyl (C=O) groups excluding carboxylic acids is 2. The lowest BCUT2D eigenvalue weighted by Crippen LogP contribution is -2.50. The molecule has 1 heterocycles. The van der Waals surface area contributed by atoms with E-state index in [2.05, 4.69) is 24.4 Å². The molecule has 1 aromatic carbocycles. The van der Waals surface area contributed by atoms with Crippen molar-refractivity contribution in [3.05, 3.63) is 34.4 Å². The highest BCUT2D eigenvalue weighted by molar-refractivity contribution is 6.17. The van der Waals surface area contributed by atoms with E-state index in [0.29, 0.717) is 18.9 Å². The summed E-state index contributed by atoms with van der Waals surface area (Å²) in [4.78, 5) is 26.3. The van der Waals surface area contributed by atoms with Crippen LogP contribution in [0.5, 0.6) is 0 Å². The third-order valence-electron chi connectivity index (χ3n) is 5.94. The van der Waals surface area contributed by atoms with Crippen LogP contribution in [0.3, 0.4) is 0 Å². The molecule has 3 unspecified atom stereocenters. The number of aryl methyl sites for hydroxylation is 3. The molecular weight excluding hydrogens is 326 g/mol. The van der Waals surface area contributed by atoms with Crippen molar-refractivity contribution in [1.29, 1.82) is 0 Å². The van der Waals surface area contributed by atoms with Crippen molar-refractivity contribution in [1.82, 2.24) is 5.32 Å². The number of ketones is 1. The molecule has 0 aromatic heterocycles. The Morgan fingerprint density at radius 3 is 2.54 bits per heavy atom. The smallest absolute Gasteiger partial charge is 0.235 e. The number of Topliss-reactive ketones (excluding diaryl/α,β-unsaturated/α-hetero) is 1. The van der Waals surface area contributed by atoms with Crippen LogP contribution in [-0.4, -0.2) is 30.4 Å². The Labute approximate surface area is 156 Å². The summed E-state index contributed by atoms with van der Waals surface area (Å²) in [6, 6.07) is 4.13. The van der Waals surface area contributed by atoms with Crippen LogP contribution in [-0.2, 0) is 14.3 Å². The second-order valence-electron chi connectivity index (χ2n) is 8.22. The molecule has 1 N–H and O–H groups in total. The number of amides is 1. The van der Waals surface area contributed by atoms with E-state index in [-0.39, 0.29) is 11.7 Å². The van der Waals surface area contributed by atoms with Gasteiger partial charge in [0, 0.05) is 13.2 Å². The first-order valence-corrected chi connectivity index (χ1v) is 9.90. The first-order valence-electron chi connectivity index (χ1n) is 9.90. The van der Waals surface area contributed by atoms with Gasteiger partial charge in [-0.25, -0.2) is 0 Å². The molecule has 3 rings (SSSR count). The first kappa shape index (κ1) is 19.1. The van der Waals surface area contributed by atoms with Crippen molar-refractivity contribution in [3.63, 3.8) is 0 Å². The average molecular weight is 357 g/mol. The summed E-state index contributed by atoms with van der Waals surface area (Å²) < 4.78 is 5.73. The maximum Gasteiger partial charge on any atom is 0.235 e. The van der Waals surface area contributed by atoms with Crippen LogP contribution in [0.4, 0.5) is 0 Å². The van der Waals surface area contributed by atoms with Crippen molar-refractivity contribution < 1.29 is 14.3 Å². The van der Waals surface area contributed by atoms with E-state index in [0.717, 1.165) is 54.5 Å². The normalized spacial score (nSPS) is 28.6. The molecule has 3 atom stereocenters. The summed E-state index contributed by atoms with van der Waals surface area (Å²) in [5.74, 6) is -0.373. The second-order valence-corrected chi connectivity index (χ2v) is 8.22. The van der Waals surface area contributed by atoms with E-state index >= 15 is 0 Å². The van der Waals surface area contributed by atoms with Crippen LogP contribution in [0.1, 0.15) is 67.2 Å². The van der Waals surface area contributed by atoms with Crippen molar-refractivity contribution in [3.8, 4) is 0 Å². The molecule has 1 saturated carbocycles. The molecule has 142 valence electrons. The predicted molar refractivity (Wildman–Crippen MR) is 102 cm³/mol. The van der Waals surface area contributed by atoms with Crippen LogP contribution in [0.25, 0.3) is 0 Å². The van der Waals surface area contributed by atoms with Crippen LogP contribution < -0.4 is 5.32 Å². The molecule has 1 saturated heterocycles. The topological polar surface area (TPSA) is 55.4 Å². The van der Waals surface area contributed by atoms with Crippen molar-refractivity contribution >= 4 is 11.7 Å². The Balaban J connectivity index is 1.85. The third kappa shape index (κ3) is 3.44. The minimum absolute atomic E-state index is 0.0674. The zero-order chi connectivity index (χ0) is 18.9. The highest BCUT2D eigenvalue weighted by Gasteiger charge is 2.55.